The predicted octanol–water partition coefficient (Wildman–Crippen LogP) is 3.29. The molecular weight excluding hydrogens is 224 g/mol. The van der Waals surface area contributed by atoms with Crippen LogP contribution < -0.4 is 10.9 Å². The molecule has 0 aliphatic carbocycles. The molecule has 4 heteroatoms. The molecule has 0 saturated carbocycles. The Labute approximate surface area is 112 Å². The van der Waals surface area contributed by atoms with E-state index in [1.807, 2.05) is 6.92 Å². The number of hydrogen-bond donors (Lipinski definition) is 2. The largest absolute Gasteiger partial charge is 0.305 e. The fourth-order valence-corrected chi connectivity index (χ4v) is 1.11. The zero-order valence-electron chi connectivity index (χ0n) is 13.3. The van der Waals surface area contributed by atoms with Gasteiger partial charge >= 0.3 is 0 Å². The average molecular weight is 254 g/mol. The number of hydrazone groups is 2. The van der Waals surface area contributed by atoms with Gasteiger partial charge in [-0.2, -0.15) is 10.2 Å². The summed E-state index contributed by atoms with van der Waals surface area (Å²) in [5.74, 6) is 0. The van der Waals surface area contributed by atoms with E-state index in [1.165, 1.54) is 0 Å². The van der Waals surface area contributed by atoms with Crippen molar-refractivity contribution in [1.29, 1.82) is 0 Å². The molecular formula is C14H30N4. The van der Waals surface area contributed by atoms with Crippen molar-refractivity contribution in [3.05, 3.63) is 0 Å². The van der Waals surface area contributed by atoms with Crippen molar-refractivity contribution < 1.29 is 0 Å². The lowest BCUT2D eigenvalue weighted by molar-refractivity contribution is 0.438. The van der Waals surface area contributed by atoms with Gasteiger partial charge in [-0.3, -0.25) is 0 Å². The first-order valence-corrected chi connectivity index (χ1v) is 6.71. The lowest BCUT2D eigenvalue weighted by Crippen LogP contribution is -2.35. The van der Waals surface area contributed by atoms with Crippen LogP contribution in [0.4, 0.5) is 0 Å². The van der Waals surface area contributed by atoms with Gasteiger partial charge in [0.05, 0.1) is 11.4 Å². The van der Waals surface area contributed by atoms with Crippen LogP contribution in [0.2, 0.25) is 0 Å². The third kappa shape index (κ3) is 9.02. The lowest BCUT2D eigenvalue weighted by atomic mass is 10.1. The smallest absolute Gasteiger partial charge is 0.0832 e. The molecule has 0 fully saturated rings. The summed E-state index contributed by atoms with van der Waals surface area (Å²) >= 11 is 0. The number of nitrogens with one attached hydrogen (secondary N) is 2. The standard InChI is InChI=1S/C14H30N4/c1-9-10-12(16-18-14(6,7)8)11(2)15-17-13(3,4)5/h17-18H,9-10H2,1-8H3/b15-11+,16-12+. The maximum atomic E-state index is 4.48. The quantitative estimate of drug-likeness (QED) is 0.584. The molecule has 0 aromatic rings. The average Bonchev–Trinajstić information content (AvgIpc) is 2.18. The van der Waals surface area contributed by atoms with E-state index in [2.05, 4.69) is 69.5 Å². The minimum atomic E-state index is -0.0178. The number of nitrogens with zero attached hydrogens (tertiary/aromatic N) is 2. The van der Waals surface area contributed by atoms with Crippen LogP contribution in [0.5, 0.6) is 0 Å². The van der Waals surface area contributed by atoms with Gasteiger partial charge in [-0.1, -0.05) is 13.3 Å². The molecule has 0 heterocycles. The van der Waals surface area contributed by atoms with Gasteiger partial charge in [0.25, 0.3) is 0 Å². The van der Waals surface area contributed by atoms with Crippen LogP contribution in [-0.4, -0.2) is 22.5 Å². The minimum Gasteiger partial charge on any atom is -0.305 e. The Hall–Kier alpha value is -1.06. The van der Waals surface area contributed by atoms with Crippen molar-refractivity contribution in [2.24, 2.45) is 10.2 Å². The zero-order chi connectivity index (χ0) is 14.4. The highest BCUT2D eigenvalue weighted by molar-refractivity contribution is 6.41. The Morgan fingerprint density at radius 3 is 1.72 bits per heavy atom. The van der Waals surface area contributed by atoms with Gasteiger partial charge < -0.3 is 10.9 Å². The third-order valence-corrected chi connectivity index (χ3v) is 1.99. The Balaban J connectivity index is 4.78. The van der Waals surface area contributed by atoms with Crippen LogP contribution in [0.15, 0.2) is 10.2 Å². The Morgan fingerprint density at radius 2 is 1.33 bits per heavy atom. The maximum absolute atomic E-state index is 4.48. The van der Waals surface area contributed by atoms with E-state index in [1.54, 1.807) is 0 Å². The van der Waals surface area contributed by atoms with Crippen LogP contribution >= 0.6 is 0 Å². The normalized spacial score (nSPS) is 14.7. The molecule has 4 nitrogen and oxygen atoms in total. The van der Waals surface area contributed by atoms with Crippen molar-refractivity contribution >= 4 is 11.4 Å². The first-order valence-electron chi connectivity index (χ1n) is 6.71. The molecule has 0 amide bonds. The molecule has 2 N–H and O–H groups in total. The highest BCUT2D eigenvalue weighted by Gasteiger charge is 2.11. The molecule has 0 spiro atoms. The van der Waals surface area contributed by atoms with Crippen LogP contribution in [-0.2, 0) is 0 Å². The van der Waals surface area contributed by atoms with Gasteiger partial charge in [-0.15, -0.1) is 0 Å². The fraction of sp³-hybridized carbons (Fsp3) is 0.857. The van der Waals surface area contributed by atoms with Crippen molar-refractivity contribution in [3.8, 4) is 0 Å². The molecule has 18 heavy (non-hydrogen) atoms. The summed E-state index contributed by atoms with van der Waals surface area (Å²) in [4.78, 5) is 0. The van der Waals surface area contributed by atoms with E-state index in [0.29, 0.717) is 0 Å². The Bertz CT molecular complexity index is 303. The van der Waals surface area contributed by atoms with E-state index < -0.39 is 0 Å². The van der Waals surface area contributed by atoms with Crippen LogP contribution in [0.25, 0.3) is 0 Å². The molecule has 0 aliphatic rings. The first kappa shape index (κ1) is 16.9. The molecule has 0 bridgehead atoms. The second-order valence-corrected chi connectivity index (χ2v) is 6.73. The summed E-state index contributed by atoms with van der Waals surface area (Å²) in [6, 6.07) is 0. The molecule has 0 atom stereocenters. The minimum absolute atomic E-state index is 0.0171. The lowest BCUT2D eigenvalue weighted by Gasteiger charge is -2.20. The van der Waals surface area contributed by atoms with Gasteiger partial charge in [-0.25, -0.2) is 0 Å². The van der Waals surface area contributed by atoms with Crippen molar-refractivity contribution in [2.75, 3.05) is 0 Å². The molecule has 0 rings (SSSR count). The summed E-state index contributed by atoms with van der Waals surface area (Å²) in [5, 5.41) is 8.89. The Morgan fingerprint density at radius 1 is 0.889 bits per heavy atom. The van der Waals surface area contributed by atoms with Gasteiger partial charge in [-0.05, 0) is 54.9 Å². The van der Waals surface area contributed by atoms with Gasteiger partial charge in [0.15, 0.2) is 0 Å². The van der Waals surface area contributed by atoms with Gasteiger partial charge in [0.2, 0.25) is 0 Å². The van der Waals surface area contributed by atoms with Gasteiger partial charge in [0.1, 0.15) is 0 Å². The van der Waals surface area contributed by atoms with E-state index in [-0.39, 0.29) is 11.1 Å². The van der Waals surface area contributed by atoms with E-state index in [4.69, 9.17) is 0 Å². The van der Waals surface area contributed by atoms with E-state index in [0.717, 1.165) is 24.3 Å². The maximum Gasteiger partial charge on any atom is 0.0832 e. The summed E-state index contributed by atoms with van der Waals surface area (Å²) in [5.41, 5.74) is 8.23. The summed E-state index contributed by atoms with van der Waals surface area (Å²) in [6.45, 7) is 16.7. The highest BCUT2D eigenvalue weighted by Crippen LogP contribution is 2.02. The second-order valence-electron chi connectivity index (χ2n) is 6.73. The third-order valence-electron chi connectivity index (χ3n) is 1.99. The predicted molar refractivity (Wildman–Crippen MR) is 81.2 cm³/mol. The van der Waals surface area contributed by atoms with Crippen LogP contribution in [0.1, 0.15) is 68.2 Å². The molecule has 0 radical (unpaired) electrons. The topological polar surface area (TPSA) is 48.8 Å². The molecule has 0 aromatic heterocycles. The molecule has 0 saturated heterocycles. The summed E-state index contributed by atoms with van der Waals surface area (Å²) in [6.07, 6.45) is 2.00. The summed E-state index contributed by atoms with van der Waals surface area (Å²) < 4.78 is 0. The summed E-state index contributed by atoms with van der Waals surface area (Å²) in [7, 11) is 0. The van der Waals surface area contributed by atoms with Gasteiger partial charge in [0, 0.05) is 11.1 Å². The second kappa shape index (κ2) is 6.76. The Kier molecular flexibility index (Phi) is 6.36. The zero-order valence-corrected chi connectivity index (χ0v) is 13.3. The van der Waals surface area contributed by atoms with Crippen LogP contribution in [0, 0.1) is 0 Å². The van der Waals surface area contributed by atoms with E-state index in [9.17, 15) is 0 Å². The van der Waals surface area contributed by atoms with Crippen LogP contribution in [0.3, 0.4) is 0 Å². The number of hydrogen-bond acceptors (Lipinski definition) is 4. The molecule has 0 unspecified atom stereocenters. The first-order chi connectivity index (χ1) is 8.05. The highest BCUT2D eigenvalue weighted by atomic mass is 15.3. The molecule has 106 valence electrons. The van der Waals surface area contributed by atoms with E-state index >= 15 is 0 Å². The monoisotopic (exact) mass is 254 g/mol. The molecule has 0 aromatic carbocycles. The van der Waals surface area contributed by atoms with Crippen molar-refractivity contribution in [1.82, 2.24) is 10.9 Å². The van der Waals surface area contributed by atoms with Crippen molar-refractivity contribution in [2.45, 2.75) is 79.3 Å². The number of rotatable bonds is 5. The SMILES string of the molecule is CCCC(=N\NC(C)(C)C)/C(C)=N/NC(C)(C)C. The molecule has 0 aliphatic heterocycles. The van der Waals surface area contributed by atoms with Crippen molar-refractivity contribution in [3.63, 3.8) is 0 Å². The fourth-order valence-electron chi connectivity index (χ4n) is 1.11.